The van der Waals surface area contributed by atoms with Crippen LogP contribution in [0.3, 0.4) is 0 Å². The van der Waals surface area contributed by atoms with E-state index in [0.717, 1.165) is 43.5 Å². The second-order valence-corrected chi connectivity index (χ2v) is 15.9. The van der Waals surface area contributed by atoms with Gasteiger partial charge in [-0.2, -0.15) is 0 Å². The quantitative estimate of drug-likeness (QED) is 0.331. The van der Waals surface area contributed by atoms with E-state index in [-0.39, 0.29) is 40.4 Å². The first-order chi connectivity index (χ1) is 22.4. The topological polar surface area (TPSA) is 81.1 Å². The Balaban J connectivity index is 1.27. The molecule has 47 heavy (non-hydrogen) atoms. The first-order valence-electron chi connectivity index (χ1n) is 16.6. The van der Waals surface area contributed by atoms with Crippen LogP contribution in [0.4, 0.5) is 4.39 Å². The Morgan fingerprint density at radius 1 is 1.17 bits per heavy atom. The summed E-state index contributed by atoms with van der Waals surface area (Å²) >= 11 is 13.6. The Bertz CT molecular complexity index is 1680. The van der Waals surface area contributed by atoms with Gasteiger partial charge in [-0.05, 0) is 87.4 Å². The van der Waals surface area contributed by atoms with Gasteiger partial charge in [-0.15, -0.1) is 0 Å². The van der Waals surface area contributed by atoms with Gasteiger partial charge in [0.05, 0.1) is 11.1 Å². The number of nitrogens with one attached hydrogen (secondary N) is 1. The number of allylic oxidation sites excluding steroid dienone is 1. The molecule has 1 N–H and O–H groups in total. The molecule has 3 fully saturated rings. The third kappa shape index (κ3) is 5.47. The summed E-state index contributed by atoms with van der Waals surface area (Å²) in [5, 5.41) is 4.74. The van der Waals surface area contributed by atoms with Crippen molar-refractivity contribution in [2.75, 3.05) is 13.1 Å². The lowest BCUT2D eigenvalue weighted by Crippen LogP contribution is -2.62. The van der Waals surface area contributed by atoms with Gasteiger partial charge in [0.2, 0.25) is 5.91 Å². The highest BCUT2D eigenvalue weighted by atomic mass is 35.5. The molecule has 0 unspecified atom stereocenters. The first kappa shape index (κ1) is 32.9. The highest BCUT2D eigenvalue weighted by Crippen LogP contribution is 2.56. The van der Waals surface area contributed by atoms with Gasteiger partial charge in [0.15, 0.2) is 5.17 Å². The van der Waals surface area contributed by atoms with Crippen LogP contribution >= 0.6 is 35.0 Å². The van der Waals surface area contributed by atoms with Crippen molar-refractivity contribution in [2.45, 2.75) is 102 Å². The molecule has 1 spiro atoms. The number of likely N-dealkylation sites (tertiary alicyclic amines) is 1. The molecule has 1 aromatic heterocycles. The van der Waals surface area contributed by atoms with Crippen molar-refractivity contribution in [3.8, 4) is 0 Å². The number of nitrogens with zero attached hydrogens (tertiary/aromatic N) is 5. The summed E-state index contributed by atoms with van der Waals surface area (Å²) in [6.45, 7) is 11.8. The van der Waals surface area contributed by atoms with Crippen LogP contribution in [0.1, 0.15) is 83.9 Å². The Hall–Kier alpha value is -2.66. The zero-order valence-electron chi connectivity index (χ0n) is 27.4. The Morgan fingerprint density at radius 2 is 1.94 bits per heavy atom. The van der Waals surface area contributed by atoms with Crippen LogP contribution in [0, 0.1) is 11.7 Å². The van der Waals surface area contributed by atoms with Gasteiger partial charge >= 0.3 is 0 Å². The average Bonchev–Trinajstić information content (AvgIpc) is 3.37. The summed E-state index contributed by atoms with van der Waals surface area (Å²) in [7, 11) is 0. The van der Waals surface area contributed by atoms with Crippen LogP contribution in [-0.2, 0) is 15.1 Å². The molecule has 12 heteroatoms. The molecule has 5 heterocycles. The third-order valence-corrected chi connectivity index (χ3v) is 12.3. The summed E-state index contributed by atoms with van der Waals surface area (Å²) in [4.78, 5) is 45.2. The summed E-state index contributed by atoms with van der Waals surface area (Å²) in [6.07, 6.45) is 6.15. The predicted molar refractivity (Wildman–Crippen MR) is 185 cm³/mol. The van der Waals surface area contributed by atoms with Gasteiger partial charge in [0, 0.05) is 48.2 Å². The van der Waals surface area contributed by atoms with E-state index < -0.39 is 23.4 Å². The number of carbonyl (C=O) groups excluding carboxylic acids is 2. The lowest BCUT2D eigenvalue weighted by Gasteiger charge is -2.43. The number of thioether (sulfide) groups is 1. The number of aliphatic imine (C=N–C) groups is 1. The minimum Gasteiger partial charge on any atom is -0.335 e. The highest BCUT2D eigenvalue weighted by molar-refractivity contribution is 8.18. The van der Waals surface area contributed by atoms with Crippen LogP contribution in [-0.4, -0.2) is 73.4 Å². The lowest BCUT2D eigenvalue weighted by atomic mass is 9.81. The average molecular weight is 700 g/mol. The standard InChI is InChI=1S/C35H41Cl2FN6O2S/c1-6-23-17-40-35(13-14-35)18-42(23)31(45)26-11-7-20(4)43(26)32(46)29-28(19(2)3)44-30(21-8-10-24(36)25(38)15-21)34(5,41-33(44)47-29)22-9-12-27(37)39-16-22/h8-10,12,15-16,19-20,23,26,30,40H,6-7,11,13-14,17-18H2,1-5H3/t20-,23+,26+,30-,34+/m1/s1. The molecule has 250 valence electrons. The Labute approximate surface area is 290 Å². The largest absolute Gasteiger partial charge is 0.335 e. The number of fused-ring (bicyclic) bond motifs is 1. The van der Waals surface area contributed by atoms with Gasteiger partial charge < -0.3 is 20.0 Å². The fraction of sp³-hybridized carbons (Fsp3) is 0.543. The van der Waals surface area contributed by atoms with Gasteiger partial charge in [-0.3, -0.25) is 9.59 Å². The van der Waals surface area contributed by atoms with E-state index in [4.69, 9.17) is 28.2 Å². The van der Waals surface area contributed by atoms with Crippen LogP contribution in [0.25, 0.3) is 0 Å². The van der Waals surface area contributed by atoms with Crippen molar-refractivity contribution >= 4 is 51.9 Å². The van der Waals surface area contributed by atoms with E-state index >= 15 is 4.39 Å². The van der Waals surface area contributed by atoms with E-state index in [2.05, 4.69) is 40.9 Å². The van der Waals surface area contributed by atoms with E-state index in [1.165, 1.54) is 17.8 Å². The van der Waals surface area contributed by atoms with Crippen molar-refractivity contribution in [3.05, 3.63) is 74.3 Å². The second kappa shape index (κ2) is 12.0. The van der Waals surface area contributed by atoms with Crippen molar-refractivity contribution in [1.29, 1.82) is 0 Å². The fourth-order valence-corrected chi connectivity index (χ4v) is 9.51. The maximum Gasteiger partial charge on any atom is 0.263 e. The molecule has 0 radical (unpaired) electrons. The number of benzene rings is 1. The number of hydrogen-bond acceptors (Lipinski definition) is 7. The number of aromatic nitrogens is 1. The minimum absolute atomic E-state index is 0.0372. The number of pyridine rings is 1. The first-order valence-corrected chi connectivity index (χ1v) is 18.2. The number of amides is 2. The van der Waals surface area contributed by atoms with Gasteiger partial charge in [0.25, 0.3) is 5.91 Å². The Kier molecular flexibility index (Phi) is 8.42. The molecule has 0 bridgehead atoms. The monoisotopic (exact) mass is 698 g/mol. The maximum atomic E-state index is 15.0. The number of carbonyl (C=O) groups is 2. The van der Waals surface area contributed by atoms with Gasteiger partial charge in [-0.1, -0.05) is 56.1 Å². The third-order valence-electron chi connectivity index (χ3n) is 10.7. The normalized spacial score (nSPS) is 29.6. The van der Waals surface area contributed by atoms with E-state index in [0.29, 0.717) is 33.8 Å². The maximum absolute atomic E-state index is 15.0. The van der Waals surface area contributed by atoms with Gasteiger partial charge in [0.1, 0.15) is 27.5 Å². The van der Waals surface area contributed by atoms with Crippen LogP contribution in [0.2, 0.25) is 10.2 Å². The molecule has 2 saturated heterocycles. The predicted octanol–water partition coefficient (Wildman–Crippen LogP) is 6.89. The molecule has 1 aliphatic carbocycles. The van der Waals surface area contributed by atoms with Crippen LogP contribution in [0.5, 0.6) is 0 Å². The molecule has 7 rings (SSSR count). The molecule has 2 aromatic rings. The zero-order chi connectivity index (χ0) is 33.4. The summed E-state index contributed by atoms with van der Waals surface area (Å²) in [5.74, 6) is -0.670. The van der Waals surface area contributed by atoms with Crippen molar-refractivity contribution in [2.24, 2.45) is 10.9 Å². The summed E-state index contributed by atoms with van der Waals surface area (Å²) < 4.78 is 15.0. The molecule has 5 aliphatic rings. The number of hydrogen-bond donors (Lipinski definition) is 1. The van der Waals surface area contributed by atoms with Crippen molar-refractivity contribution in [3.63, 3.8) is 0 Å². The zero-order valence-corrected chi connectivity index (χ0v) is 29.7. The van der Waals surface area contributed by atoms with Crippen LogP contribution in [0.15, 0.2) is 52.1 Å². The van der Waals surface area contributed by atoms with E-state index in [9.17, 15) is 9.59 Å². The number of piperazine rings is 1. The number of amidine groups is 1. The second-order valence-electron chi connectivity index (χ2n) is 14.2. The van der Waals surface area contributed by atoms with Crippen LogP contribution < -0.4 is 5.32 Å². The minimum atomic E-state index is -0.870. The molecule has 5 atom stereocenters. The van der Waals surface area contributed by atoms with Gasteiger partial charge in [-0.25, -0.2) is 14.4 Å². The number of halogens is 3. The number of rotatable bonds is 6. The molecule has 1 saturated carbocycles. The Morgan fingerprint density at radius 3 is 2.57 bits per heavy atom. The van der Waals surface area contributed by atoms with E-state index in [1.807, 2.05) is 30.9 Å². The molecule has 2 amide bonds. The van der Waals surface area contributed by atoms with Crippen molar-refractivity contribution < 1.29 is 14.0 Å². The molecule has 4 aliphatic heterocycles. The molecule has 8 nitrogen and oxygen atoms in total. The summed E-state index contributed by atoms with van der Waals surface area (Å²) in [5.41, 5.74) is 1.48. The molecular formula is C35H41Cl2FN6O2S. The summed E-state index contributed by atoms with van der Waals surface area (Å²) in [6, 6.07) is 7.49. The lowest BCUT2D eigenvalue weighted by molar-refractivity contribution is -0.146. The van der Waals surface area contributed by atoms with Crippen molar-refractivity contribution in [1.82, 2.24) is 25.0 Å². The smallest absolute Gasteiger partial charge is 0.263 e. The highest BCUT2D eigenvalue weighted by Gasteiger charge is 2.55. The molecular weight excluding hydrogens is 658 g/mol. The van der Waals surface area contributed by atoms with E-state index in [1.54, 1.807) is 18.3 Å². The molecule has 1 aromatic carbocycles. The SMILES string of the molecule is CC[C@H]1CNC2(CC2)CN1C(=O)[C@@H]1CC[C@@H](C)N1C(=O)C1=C(C(C)C)N2C(=N[C@@](C)(c3ccc(Cl)nc3)[C@H]2c2ccc(Cl)c(F)c2)S1. The fourth-order valence-electron chi connectivity index (χ4n) is 7.93.